The second-order valence-corrected chi connectivity index (χ2v) is 22.8. The van der Waals surface area contributed by atoms with Crippen molar-refractivity contribution in [2.45, 2.75) is 187 Å². The molecule has 1 aliphatic rings. The highest BCUT2D eigenvalue weighted by atomic mass is 32.2. The van der Waals surface area contributed by atoms with Crippen molar-refractivity contribution in [3.05, 3.63) is 65.2 Å². The summed E-state index contributed by atoms with van der Waals surface area (Å²) in [6.45, 7) is 11.2. The zero-order chi connectivity index (χ0) is 52.0. The summed E-state index contributed by atoms with van der Waals surface area (Å²) in [6, 6.07) is 16.3. The third-order valence-electron chi connectivity index (χ3n) is 12.4. The minimum atomic E-state index is -0.814. The number of nitriles is 1. The largest absolute Gasteiger partial charge is 0.464 e. The third kappa shape index (κ3) is 24.2. The molecule has 2 aromatic rings. The maximum Gasteiger partial charge on any atom is 0.305 e. The minimum absolute atomic E-state index is 0.0626. The minimum Gasteiger partial charge on any atom is -0.464 e. The van der Waals surface area contributed by atoms with E-state index >= 15 is 0 Å². The number of hydrogen-bond acceptors (Lipinski definition) is 11. The van der Waals surface area contributed by atoms with Crippen LogP contribution in [-0.4, -0.2) is 80.6 Å². The molecule has 0 spiro atoms. The number of rotatable bonds is 33. The predicted molar refractivity (Wildman–Crippen MR) is 294 cm³/mol. The van der Waals surface area contributed by atoms with Gasteiger partial charge in [-0.15, -0.1) is 11.8 Å². The van der Waals surface area contributed by atoms with Crippen LogP contribution < -0.4 is 20.9 Å². The van der Waals surface area contributed by atoms with Gasteiger partial charge in [-0.05, 0) is 109 Å². The molecular weight excluding hydrogens is 951 g/mol. The van der Waals surface area contributed by atoms with Crippen molar-refractivity contribution in [2.75, 3.05) is 23.9 Å². The summed E-state index contributed by atoms with van der Waals surface area (Å²) in [5.74, 6) is 3.90. The number of carbonyl (C=O) groups is 5. The molecule has 1 heterocycles. The Kier molecular flexibility index (Phi) is 29.9. The molecule has 3 rings (SSSR count). The monoisotopic (exact) mass is 1030 g/mol. The summed E-state index contributed by atoms with van der Waals surface area (Å²) >= 11 is 8.63. The van der Waals surface area contributed by atoms with Crippen LogP contribution in [0.25, 0.3) is 0 Å². The van der Waals surface area contributed by atoms with Gasteiger partial charge in [-0.1, -0.05) is 131 Å². The number of aliphatic hydroxyl groups excluding tert-OH is 1. The molecule has 0 radical (unpaired) electrons. The fourth-order valence-corrected chi connectivity index (χ4v) is 11.0. The van der Waals surface area contributed by atoms with Crippen LogP contribution in [0.15, 0.2) is 48.5 Å². The molecule has 6 unspecified atom stereocenters. The van der Waals surface area contributed by atoms with E-state index in [0.29, 0.717) is 35.8 Å². The summed E-state index contributed by atoms with van der Waals surface area (Å²) < 4.78 is 6.20. The van der Waals surface area contributed by atoms with Crippen molar-refractivity contribution >= 4 is 74.6 Å². The van der Waals surface area contributed by atoms with Gasteiger partial charge in [0.2, 0.25) is 23.6 Å². The molecule has 0 saturated carbocycles. The number of nitrogens with zero attached hydrogens (tertiary/aromatic N) is 2. The number of benzene rings is 2. The van der Waals surface area contributed by atoms with Gasteiger partial charge in [-0.25, -0.2) is 0 Å². The highest BCUT2D eigenvalue weighted by Gasteiger charge is 2.34. The Balaban J connectivity index is 1.60. The van der Waals surface area contributed by atoms with Gasteiger partial charge in [0.1, 0.15) is 10.1 Å². The number of thiocarbonyl (C=S) groups is 1. The summed E-state index contributed by atoms with van der Waals surface area (Å²) in [5, 5.41) is 27.6. The quantitative estimate of drug-likeness (QED) is 0.0231. The maximum absolute atomic E-state index is 14.1. The molecule has 390 valence electrons. The number of hydrogen-bond donors (Lipinski definition) is 4. The number of ether oxygens (including phenoxy) is 1. The van der Waals surface area contributed by atoms with Gasteiger partial charge < -0.3 is 30.7 Å². The average Bonchev–Trinajstić information content (AvgIpc) is 3.34. The van der Waals surface area contributed by atoms with E-state index in [1.54, 1.807) is 37.4 Å². The number of thioether (sulfide) groups is 2. The van der Waals surface area contributed by atoms with E-state index in [-0.39, 0.29) is 74.5 Å². The SMILES string of the molecule is CCCCCCCCCCCCSC(=S)SC(CC(CC(CCC(C)C#N)C(=O)NC(C)COC(=O)CCCCC(=O)N1Cc2ccccc2C#Cc2ccccc21)C(=O)NC(C)CO)C(=O)NC(C)C. The molecule has 0 bridgehead atoms. The highest BCUT2D eigenvalue weighted by Crippen LogP contribution is 2.32. The Morgan fingerprint density at radius 2 is 1.35 bits per heavy atom. The summed E-state index contributed by atoms with van der Waals surface area (Å²) in [4.78, 5) is 70.2. The lowest BCUT2D eigenvalue weighted by Crippen LogP contribution is -2.45. The van der Waals surface area contributed by atoms with Gasteiger partial charge in [-0.2, -0.15) is 5.26 Å². The topological polar surface area (TPSA) is 178 Å². The van der Waals surface area contributed by atoms with Crippen molar-refractivity contribution in [3.8, 4) is 17.9 Å². The van der Waals surface area contributed by atoms with Gasteiger partial charge in [0.15, 0.2) is 0 Å². The van der Waals surface area contributed by atoms with E-state index in [0.717, 1.165) is 41.0 Å². The smallest absolute Gasteiger partial charge is 0.305 e. The van der Waals surface area contributed by atoms with E-state index in [2.05, 4.69) is 40.8 Å². The number of fused-ring (bicyclic) bond motifs is 2. The fraction of sp³-hybridized carbons (Fsp3) is 0.625. The first-order chi connectivity index (χ1) is 34.1. The molecule has 0 aromatic heterocycles. The average molecular weight is 1030 g/mol. The van der Waals surface area contributed by atoms with Gasteiger partial charge in [0, 0.05) is 53.8 Å². The third-order valence-corrected chi connectivity index (χ3v) is 15.3. The van der Waals surface area contributed by atoms with Crippen LogP contribution in [0, 0.1) is 40.9 Å². The van der Waals surface area contributed by atoms with E-state index in [1.165, 1.54) is 63.1 Å². The molecule has 2 aromatic carbocycles. The first-order valence-corrected chi connectivity index (χ1v) is 28.3. The van der Waals surface area contributed by atoms with Crippen LogP contribution in [0.5, 0.6) is 0 Å². The standard InChI is InChI=1S/C56H81N5O7S3/c1-7-8-9-10-11-12-13-14-15-22-33-70-56(69)71-50(55(67)58-40(2)3)35-48(54(66)59-42(5)38-62)34-46(30-29-41(4)36-57)53(65)60-43(6)39-68-52(64)28-21-20-27-51(63)61-37-47-25-17-16-23-44(47)31-32-45-24-18-19-26-49(45)61/h16-19,23-26,40-43,46,48,50,62H,7-15,20-22,27-30,33-35,37-39H2,1-6H3,(H,58,67)(H,59,66)(H,60,65). The number of aliphatic hydroxyl groups is 1. The van der Waals surface area contributed by atoms with Gasteiger partial charge in [-0.3, -0.25) is 24.0 Å². The van der Waals surface area contributed by atoms with Crippen molar-refractivity contribution in [2.24, 2.45) is 17.8 Å². The van der Waals surface area contributed by atoms with Crippen molar-refractivity contribution < 1.29 is 33.8 Å². The summed E-state index contributed by atoms with van der Waals surface area (Å²) in [5.41, 5.74) is 3.38. The van der Waals surface area contributed by atoms with Crippen LogP contribution >= 0.6 is 35.7 Å². The zero-order valence-corrected chi connectivity index (χ0v) is 45.7. The van der Waals surface area contributed by atoms with E-state index in [9.17, 15) is 34.3 Å². The molecule has 0 saturated heterocycles. The lowest BCUT2D eigenvalue weighted by molar-refractivity contribution is -0.145. The van der Waals surface area contributed by atoms with E-state index in [4.69, 9.17) is 17.0 Å². The second kappa shape index (κ2) is 34.9. The second-order valence-electron chi connectivity index (χ2n) is 19.3. The Morgan fingerprint density at radius 1 is 0.746 bits per heavy atom. The van der Waals surface area contributed by atoms with Crippen molar-refractivity contribution in [1.82, 2.24) is 16.0 Å². The van der Waals surface area contributed by atoms with Crippen molar-refractivity contribution in [3.63, 3.8) is 0 Å². The molecular formula is C56H81N5O7S3. The van der Waals surface area contributed by atoms with Gasteiger partial charge >= 0.3 is 5.97 Å². The van der Waals surface area contributed by atoms with Crippen LogP contribution in [-0.2, 0) is 35.3 Å². The highest BCUT2D eigenvalue weighted by molar-refractivity contribution is 8.47. The number of carbonyl (C=O) groups excluding carboxylic acids is 5. The van der Waals surface area contributed by atoms with Gasteiger partial charge in [0.05, 0.1) is 36.2 Å². The van der Waals surface area contributed by atoms with Crippen LogP contribution in [0.1, 0.15) is 174 Å². The number of esters is 1. The van der Waals surface area contributed by atoms with Gasteiger partial charge in [0.25, 0.3) is 0 Å². The maximum atomic E-state index is 14.1. The lowest BCUT2D eigenvalue weighted by Gasteiger charge is -2.28. The molecule has 1 aliphatic heterocycles. The van der Waals surface area contributed by atoms with E-state index < -0.39 is 35.1 Å². The first kappa shape index (κ1) is 60.9. The number of para-hydroxylation sites is 1. The Morgan fingerprint density at radius 3 is 2.03 bits per heavy atom. The summed E-state index contributed by atoms with van der Waals surface area (Å²) in [7, 11) is 0. The number of anilines is 1. The predicted octanol–water partition coefficient (Wildman–Crippen LogP) is 10.6. The molecule has 15 heteroatoms. The number of nitrogens with one attached hydrogen (secondary N) is 3. The Bertz CT molecular complexity index is 2100. The Hall–Kier alpha value is -4.41. The molecule has 12 nitrogen and oxygen atoms in total. The lowest BCUT2D eigenvalue weighted by atomic mass is 9.85. The number of amides is 4. The molecule has 6 atom stereocenters. The van der Waals surface area contributed by atoms with Crippen molar-refractivity contribution in [1.29, 1.82) is 5.26 Å². The zero-order valence-electron chi connectivity index (χ0n) is 43.2. The molecule has 0 fully saturated rings. The normalized spacial score (nSPS) is 14.3. The van der Waals surface area contributed by atoms with E-state index in [1.807, 2.05) is 62.4 Å². The molecule has 4 N–H and O–H groups in total. The fourth-order valence-electron chi connectivity index (χ4n) is 8.25. The molecule has 4 amide bonds. The Labute approximate surface area is 439 Å². The molecule has 71 heavy (non-hydrogen) atoms. The first-order valence-electron chi connectivity index (χ1n) is 26.0. The molecule has 0 aliphatic carbocycles. The summed E-state index contributed by atoms with van der Waals surface area (Å²) in [6.07, 6.45) is 14.5. The van der Waals surface area contributed by atoms with Crippen LogP contribution in [0.3, 0.4) is 0 Å². The number of unbranched alkanes of at least 4 members (excludes halogenated alkanes) is 10. The van der Waals surface area contributed by atoms with Crippen LogP contribution in [0.4, 0.5) is 5.69 Å². The van der Waals surface area contributed by atoms with Crippen LogP contribution in [0.2, 0.25) is 0 Å².